The van der Waals surface area contributed by atoms with Gasteiger partial charge in [0.1, 0.15) is 0 Å². The Morgan fingerprint density at radius 2 is 2.12 bits per heavy atom. The van der Waals surface area contributed by atoms with Crippen LogP contribution in [0.15, 0.2) is 0 Å². The topological polar surface area (TPSA) is 65.7 Å². The fraction of sp³-hybridized carbons (Fsp3) is 0.556. The van der Waals surface area contributed by atoms with Gasteiger partial charge >= 0.3 is 0 Å². The average Bonchev–Trinajstić information content (AvgIpc) is 3.08. The van der Waals surface area contributed by atoms with E-state index in [1.54, 1.807) is 0 Å². The second-order valence-electron chi connectivity index (χ2n) is 3.53. The van der Waals surface area contributed by atoms with Crippen LogP contribution in [0.4, 0.5) is 5.82 Å². The summed E-state index contributed by atoms with van der Waals surface area (Å²) in [5.41, 5.74) is 0. The van der Waals surface area contributed by atoms with E-state index in [9.17, 15) is 0 Å². The van der Waals surface area contributed by atoms with E-state index in [1.165, 1.54) is 0 Å². The van der Waals surface area contributed by atoms with Crippen molar-refractivity contribution in [2.75, 3.05) is 11.4 Å². The van der Waals surface area contributed by atoms with E-state index in [2.05, 4.69) is 21.3 Å². The molecule has 1 fully saturated rings. The lowest BCUT2D eigenvalue weighted by Crippen LogP contribution is -2.28. The van der Waals surface area contributed by atoms with Crippen LogP contribution in [0.3, 0.4) is 0 Å². The second-order valence-corrected chi connectivity index (χ2v) is 4.22. The number of hydrogen-bond donors (Lipinski definition) is 0. The molecule has 1 heterocycles. The summed E-state index contributed by atoms with van der Waals surface area (Å²) in [6.45, 7) is 0.593. The fourth-order valence-electron chi connectivity index (χ4n) is 1.49. The average molecular weight is 258 g/mol. The van der Waals surface area contributed by atoms with Crippen molar-refractivity contribution in [1.82, 2.24) is 15.2 Å². The van der Waals surface area contributed by atoms with Gasteiger partial charge in [-0.3, -0.25) is 0 Å². The van der Waals surface area contributed by atoms with Crippen LogP contribution in [0, 0.1) is 11.3 Å². The van der Waals surface area contributed by atoms with Crippen molar-refractivity contribution >= 4 is 29.0 Å². The predicted octanol–water partition coefficient (Wildman–Crippen LogP) is 2.06. The molecule has 0 unspecified atom stereocenters. The zero-order valence-electron chi connectivity index (χ0n) is 8.40. The molecule has 1 aliphatic rings. The number of halogens is 2. The van der Waals surface area contributed by atoms with Crippen molar-refractivity contribution in [2.24, 2.45) is 0 Å². The summed E-state index contributed by atoms with van der Waals surface area (Å²) in [5, 5.41) is 16.2. The number of rotatable bonds is 4. The summed E-state index contributed by atoms with van der Waals surface area (Å²) in [4.78, 5) is 6.04. The number of aromatic nitrogens is 3. The smallest absolute Gasteiger partial charge is 0.245 e. The SMILES string of the molecule is N#CCCN(c1nc(Cl)nnc1Cl)C1CC1. The van der Waals surface area contributed by atoms with Gasteiger partial charge in [0.15, 0.2) is 11.0 Å². The predicted molar refractivity (Wildman–Crippen MR) is 60.4 cm³/mol. The molecule has 0 aliphatic heterocycles. The lowest BCUT2D eigenvalue weighted by Gasteiger charge is -2.22. The van der Waals surface area contributed by atoms with E-state index >= 15 is 0 Å². The van der Waals surface area contributed by atoms with Gasteiger partial charge in [0.05, 0.1) is 12.5 Å². The Bertz CT molecular complexity index is 426. The number of nitriles is 1. The maximum Gasteiger partial charge on any atom is 0.245 e. The Labute approximate surface area is 103 Å². The van der Waals surface area contributed by atoms with Gasteiger partial charge in [-0.1, -0.05) is 11.6 Å². The monoisotopic (exact) mass is 257 g/mol. The van der Waals surface area contributed by atoms with E-state index in [0.717, 1.165) is 12.8 Å². The minimum Gasteiger partial charge on any atom is -0.350 e. The van der Waals surface area contributed by atoms with E-state index in [4.69, 9.17) is 28.5 Å². The maximum atomic E-state index is 8.60. The van der Waals surface area contributed by atoms with Crippen molar-refractivity contribution in [2.45, 2.75) is 25.3 Å². The normalized spacial score (nSPS) is 14.6. The van der Waals surface area contributed by atoms with Crippen LogP contribution in [-0.4, -0.2) is 27.8 Å². The van der Waals surface area contributed by atoms with Gasteiger partial charge < -0.3 is 4.90 Å². The third-order valence-electron chi connectivity index (χ3n) is 2.33. The molecule has 1 aliphatic carbocycles. The molecule has 1 aromatic heterocycles. The molecule has 0 bridgehead atoms. The third-order valence-corrected chi connectivity index (χ3v) is 2.73. The van der Waals surface area contributed by atoms with Crippen LogP contribution >= 0.6 is 23.2 Å². The Kier molecular flexibility index (Phi) is 3.42. The molecule has 5 nitrogen and oxygen atoms in total. The highest BCUT2D eigenvalue weighted by Gasteiger charge is 2.31. The van der Waals surface area contributed by atoms with E-state index in [1.807, 2.05) is 4.90 Å². The van der Waals surface area contributed by atoms with Crippen LogP contribution in [0.2, 0.25) is 10.4 Å². The third kappa shape index (κ3) is 2.52. The van der Waals surface area contributed by atoms with Gasteiger partial charge in [-0.2, -0.15) is 10.2 Å². The van der Waals surface area contributed by atoms with Crippen molar-refractivity contribution in [3.8, 4) is 6.07 Å². The first-order chi connectivity index (χ1) is 7.72. The van der Waals surface area contributed by atoms with Gasteiger partial charge in [-0.05, 0) is 24.4 Å². The molecule has 0 spiro atoms. The highest BCUT2D eigenvalue weighted by atomic mass is 35.5. The minimum absolute atomic E-state index is 0.0713. The number of hydrogen-bond acceptors (Lipinski definition) is 5. The largest absolute Gasteiger partial charge is 0.350 e. The zero-order chi connectivity index (χ0) is 11.5. The van der Waals surface area contributed by atoms with Crippen molar-refractivity contribution in [3.05, 3.63) is 10.4 Å². The van der Waals surface area contributed by atoms with Gasteiger partial charge in [-0.25, -0.2) is 0 Å². The van der Waals surface area contributed by atoms with Crippen molar-refractivity contribution in [3.63, 3.8) is 0 Å². The van der Waals surface area contributed by atoms with Crippen LogP contribution in [-0.2, 0) is 0 Å². The fourth-order valence-corrected chi connectivity index (χ4v) is 1.79. The van der Waals surface area contributed by atoms with Gasteiger partial charge in [0.25, 0.3) is 0 Å². The number of anilines is 1. The van der Waals surface area contributed by atoms with E-state index < -0.39 is 0 Å². The molecule has 0 atom stereocenters. The number of nitrogens with zero attached hydrogens (tertiary/aromatic N) is 5. The molecule has 0 amide bonds. The standard InChI is InChI=1S/C9H9Cl2N5/c10-7-8(13-9(11)15-14-7)16(5-1-4-12)6-2-3-6/h6H,1-3,5H2. The maximum absolute atomic E-state index is 8.60. The van der Waals surface area contributed by atoms with Crippen LogP contribution in [0.5, 0.6) is 0 Å². The summed E-state index contributed by atoms with van der Waals surface area (Å²) in [5.74, 6) is 0.527. The lowest BCUT2D eigenvalue weighted by molar-refractivity contribution is 0.766. The Morgan fingerprint density at radius 3 is 2.75 bits per heavy atom. The van der Waals surface area contributed by atoms with Crippen LogP contribution in [0.25, 0.3) is 0 Å². The molecule has 16 heavy (non-hydrogen) atoms. The molecule has 7 heteroatoms. The van der Waals surface area contributed by atoms with Crippen LogP contribution in [0.1, 0.15) is 19.3 Å². The van der Waals surface area contributed by atoms with Crippen molar-refractivity contribution < 1.29 is 0 Å². The molecule has 1 saturated carbocycles. The molecular formula is C9H9Cl2N5. The van der Waals surface area contributed by atoms with Gasteiger partial charge in [0, 0.05) is 12.6 Å². The van der Waals surface area contributed by atoms with Crippen molar-refractivity contribution in [1.29, 1.82) is 5.26 Å². The Hall–Kier alpha value is -1.12. The molecule has 0 aromatic carbocycles. The first-order valence-corrected chi connectivity index (χ1v) is 5.67. The first kappa shape index (κ1) is 11.4. The molecule has 84 valence electrons. The summed E-state index contributed by atoms with van der Waals surface area (Å²) in [6, 6.07) is 2.50. The summed E-state index contributed by atoms with van der Waals surface area (Å²) >= 11 is 11.6. The first-order valence-electron chi connectivity index (χ1n) is 4.91. The molecule has 0 N–H and O–H groups in total. The van der Waals surface area contributed by atoms with Gasteiger partial charge in [0.2, 0.25) is 5.28 Å². The second kappa shape index (κ2) is 4.81. The summed E-state index contributed by atoms with van der Waals surface area (Å²) < 4.78 is 0. The highest BCUT2D eigenvalue weighted by molar-refractivity contribution is 6.32. The molecule has 0 radical (unpaired) electrons. The molecule has 0 saturated heterocycles. The zero-order valence-corrected chi connectivity index (χ0v) is 9.91. The van der Waals surface area contributed by atoms with E-state index in [0.29, 0.717) is 24.8 Å². The minimum atomic E-state index is 0.0713. The quantitative estimate of drug-likeness (QED) is 0.826. The molecular weight excluding hydrogens is 249 g/mol. The molecule has 2 rings (SSSR count). The summed E-state index contributed by atoms with van der Waals surface area (Å²) in [7, 11) is 0. The van der Waals surface area contributed by atoms with Crippen LogP contribution < -0.4 is 4.90 Å². The highest BCUT2D eigenvalue weighted by Crippen LogP contribution is 2.33. The lowest BCUT2D eigenvalue weighted by atomic mass is 10.4. The van der Waals surface area contributed by atoms with E-state index in [-0.39, 0.29) is 10.4 Å². The van der Waals surface area contributed by atoms with Gasteiger partial charge in [-0.15, -0.1) is 10.2 Å². The summed E-state index contributed by atoms with van der Waals surface area (Å²) in [6.07, 6.45) is 2.60. The molecule has 1 aromatic rings. The Balaban J connectivity index is 2.23. The Morgan fingerprint density at radius 1 is 1.38 bits per heavy atom.